The van der Waals surface area contributed by atoms with Crippen molar-refractivity contribution < 1.29 is 9.53 Å². The molecule has 0 aliphatic carbocycles. The summed E-state index contributed by atoms with van der Waals surface area (Å²) >= 11 is 4.77. The average Bonchev–Trinajstić information content (AvgIpc) is 3.08. The predicted octanol–water partition coefficient (Wildman–Crippen LogP) is 4.92. The second kappa shape index (κ2) is 9.19. The van der Waals surface area contributed by atoms with Gasteiger partial charge in [0.25, 0.3) is 0 Å². The van der Waals surface area contributed by atoms with Crippen LogP contribution in [0.5, 0.6) is 5.75 Å². The minimum Gasteiger partial charge on any atom is -0.485 e. The molecule has 5 nitrogen and oxygen atoms in total. The fourth-order valence-electron chi connectivity index (χ4n) is 2.56. The number of para-hydroxylation sites is 1. The molecule has 3 aromatic rings. The van der Waals surface area contributed by atoms with Crippen molar-refractivity contribution in [2.75, 3.05) is 5.75 Å². The Bertz CT molecular complexity index is 925. The standard InChI is InChI=1S/C20H20BrN3O2S/c1-3-24-19(12-26-18-7-5-4-6-14(18)2)22-23-20(24)27-13-17(25)15-8-10-16(21)11-9-15/h4-11H,3,12-13H2,1-2H3. The van der Waals surface area contributed by atoms with Crippen LogP contribution in [0.1, 0.15) is 28.7 Å². The third-order valence-corrected chi connectivity index (χ3v) is 5.55. The molecule has 3 rings (SSSR count). The highest BCUT2D eigenvalue weighted by molar-refractivity contribution is 9.10. The number of rotatable bonds is 8. The molecule has 140 valence electrons. The SMILES string of the molecule is CCn1c(COc2ccccc2C)nnc1SCC(=O)c1ccc(Br)cc1. The quantitative estimate of drug-likeness (QED) is 0.363. The molecule has 0 atom stereocenters. The van der Waals surface area contributed by atoms with E-state index >= 15 is 0 Å². The minimum atomic E-state index is 0.0656. The Labute approximate surface area is 171 Å². The van der Waals surface area contributed by atoms with Gasteiger partial charge in [-0.1, -0.05) is 58.0 Å². The topological polar surface area (TPSA) is 57.0 Å². The molecule has 0 radical (unpaired) electrons. The largest absolute Gasteiger partial charge is 0.485 e. The first-order chi connectivity index (χ1) is 13.1. The number of hydrogen-bond acceptors (Lipinski definition) is 5. The number of aryl methyl sites for hydroxylation is 1. The van der Waals surface area contributed by atoms with E-state index in [9.17, 15) is 4.79 Å². The fraction of sp³-hybridized carbons (Fsp3) is 0.250. The van der Waals surface area contributed by atoms with Gasteiger partial charge in [-0.05, 0) is 37.6 Å². The van der Waals surface area contributed by atoms with Crippen LogP contribution in [0.3, 0.4) is 0 Å². The molecule has 7 heteroatoms. The molecule has 27 heavy (non-hydrogen) atoms. The van der Waals surface area contributed by atoms with Crippen molar-refractivity contribution in [3.05, 3.63) is 70.0 Å². The van der Waals surface area contributed by atoms with Crippen molar-refractivity contribution >= 4 is 33.5 Å². The molecule has 0 saturated heterocycles. The van der Waals surface area contributed by atoms with Crippen molar-refractivity contribution in [3.63, 3.8) is 0 Å². The summed E-state index contributed by atoms with van der Waals surface area (Å²) in [5.41, 5.74) is 1.77. The molecule has 0 aliphatic rings. The van der Waals surface area contributed by atoms with Gasteiger partial charge in [0.2, 0.25) is 0 Å². The summed E-state index contributed by atoms with van der Waals surface area (Å²) < 4.78 is 8.82. The van der Waals surface area contributed by atoms with Crippen LogP contribution < -0.4 is 4.74 Å². The van der Waals surface area contributed by atoms with Crippen molar-refractivity contribution in [3.8, 4) is 5.75 Å². The molecule has 0 amide bonds. The maximum absolute atomic E-state index is 12.4. The third-order valence-electron chi connectivity index (χ3n) is 4.06. The van der Waals surface area contributed by atoms with Gasteiger partial charge in [0.05, 0.1) is 5.75 Å². The van der Waals surface area contributed by atoms with Gasteiger partial charge in [-0.2, -0.15) is 0 Å². The monoisotopic (exact) mass is 445 g/mol. The van der Waals surface area contributed by atoms with Gasteiger partial charge in [-0.3, -0.25) is 4.79 Å². The zero-order valence-corrected chi connectivity index (χ0v) is 17.6. The maximum Gasteiger partial charge on any atom is 0.191 e. The number of thioether (sulfide) groups is 1. The molecule has 0 fully saturated rings. The van der Waals surface area contributed by atoms with E-state index in [1.807, 2.05) is 66.9 Å². The van der Waals surface area contributed by atoms with Crippen LogP contribution in [-0.4, -0.2) is 26.3 Å². The molecule has 0 spiro atoms. The number of carbonyl (C=O) groups is 1. The zero-order valence-electron chi connectivity index (χ0n) is 15.2. The first kappa shape index (κ1) is 19.6. The number of halogens is 1. The maximum atomic E-state index is 12.4. The normalized spacial score (nSPS) is 10.8. The number of nitrogens with zero attached hydrogens (tertiary/aromatic N) is 3. The summed E-state index contributed by atoms with van der Waals surface area (Å²) in [6, 6.07) is 15.2. The molecular formula is C20H20BrN3O2S. The lowest BCUT2D eigenvalue weighted by Gasteiger charge is -2.10. The van der Waals surface area contributed by atoms with Gasteiger partial charge in [-0.25, -0.2) is 0 Å². The number of aromatic nitrogens is 3. The van der Waals surface area contributed by atoms with E-state index < -0.39 is 0 Å². The van der Waals surface area contributed by atoms with E-state index in [1.54, 1.807) is 0 Å². The summed E-state index contributed by atoms with van der Waals surface area (Å²) in [6.07, 6.45) is 0. The van der Waals surface area contributed by atoms with Crippen LogP contribution in [0.4, 0.5) is 0 Å². The van der Waals surface area contributed by atoms with Crippen LogP contribution in [0.15, 0.2) is 58.2 Å². The smallest absolute Gasteiger partial charge is 0.191 e. The Morgan fingerprint density at radius 3 is 2.59 bits per heavy atom. The number of ether oxygens (including phenoxy) is 1. The van der Waals surface area contributed by atoms with Gasteiger partial charge in [0, 0.05) is 16.6 Å². The van der Waals surface area contributed by atoms with Gasteiger partial charge >= 0.3 is 0 Å². The molecule has 1 aromatic heterocycles. The second-order valence-electron chi connectivity index (χ2n) is 5.92. The lowest BCUT2D eigenvalue weighted by Crippen LogP contribution is -2.08. The summed E-state index contributed by atoms with van der Waals surface area (Å²) in [7, 11) is 0. The predicted molar refractivity (Wildman–Crippen MR) is 110 cm³/mol. The Hall–Kier alpha value is -2.12. The number of Topliss-reactive ketones (excluding diaryl/α,β-unsaturated/α-hetero) is 1. The van der Waals surface area contributed by atoms with Gasteiger partial charge in [0.15, 0.2) is 16.8 Å². The molecule has 0 N–H and O–H groups in total. The van der Waals surface area contributed by atoms with E-state index in [2.05, 4.69) is 26.1 Å². The Balaban J connectivity index is 1.64. The van der Waals surface area contributed by atoms with Crippen LogP contribution in [-0.2, 0) is 13.2 Å². The molecule has 0 unspecified atom stereocenters. The van der Waals surface area contributed by atoms with E-state index in [0.717, 1.165) is 26.8 Å². The third kappa shape index (κ3) is 4.99. The Morgan fingerprint density at radius 1 is 1.15 bits per heavy atom. The number of hydrogen-bond donors (Lipinski definition) is 0. The molecule has 0 saturated carbocycles. The number of carbonyl (C=O) groups excluding carboxylic acids is 1. The lowest BCUT2D eigenvalue weighted by molar-refractivity contribution is 0.102. The van der Waals surface area contributed by atoms with Crippen LogP contribution in [0.2, 0.25) is 0 Å². The lowest BCUT2D eigenvalue weighted by atomic mass is 10.2. The van der Waals surface area contributed by atoms with Gasteiger partial charge in [0.1, 0.15) is 12.4 Å². The Morgan fingerprint density at radius 2 is 1.89 bits per heavy atom. The first-order valence-corrected chi connectivity index (χ1v) is 10.4. The van der Waals surface area contributed by atoms with Crippen molar-refractivity contribution in [2.45, 2.75) is 32.2 Å². The van der Waals surface area contributed by atoms with Crippen molar-refractivity contribution in [2.24, 2.45) is 0 Å². The van der Waals surface area contributed by atoms with E-state index in [-0.39, 0.29) is 5.78 Å². The van der Waals surface area contributed by atoms with Crippen LogP contribution >= 0.6 is 27.7 Å². The number of ketones is 1. The second-order valence-corrected chi connectivity index (χ2v) is 7.77. The summed E-state index contributed by atoms with van der Waals surface area (Å²) in [4.78, 5) is 12.4. The zero-order chi connectivity index (χ0) is 19.2. The van der Waals surface area contributed by atoms with Crippen molar-refractivity contribution in [1.29, 1.82) is 0 Å². The highest BCUT2D eigenvalue weighted by Crippen LogP contribution is 2.21. The van der Waals surface area contributed by atoms with Crippen LogP contribution in [0.25, 0.3) is 0 Å². The summed E-state index contributed by atoms with van der Waals surface area (Å²) in [5, 5.41) is 9.21. The van der Waals surface area contributed by atoms with E-state index in [0.29, 0.717) is 24.5 Å². The molecule has 1 heterocycles. The Kier molecular flexibility index (Phi) is 6.68. The van der Waals surface area contributed by atoms with Gasteiger partial charge in [-0.15, -0.1) is 10.2 Å². The first-order valence-electron chi connectivity index (χ1n) is 8.60. The molecular weight excluding hydrogens is 426 g/mol. The molecule has 0 bridgehead atoms. The summed E-state index contributed by atoms with van der Waals surface area (Å²) in [6.45, 7) is 5.09. The molecule has 0 aliphatic heterocycles. The van der Waals surface area contributed by atoms with E-state index in [1.165, 1.54) is 11.8 Å². The highest BCUT2D eigenvalue weighted by atomic mass is 79.9. The number of benzene rings is 2. The highest BCUT2D eigenvalue weighted by Gasteiger charge is 2.15. The summed E-state index contributed by atoms with van der Waals surface area (Å²) in [5.74, 6) is 1.97. The van der Waals surface area contributed by atoms with Crippen LogP contribution in [0, 0.1) is 6.92 Å². The van der Waals surface area contributed by atoms with E-state index in [4.69, 9.17) is 4.74 Å². The minimum absolute atomic E-state index is 0.0656. The molecule has 2 aromatic carbocycles. The average molecular weight is 446 g/mol. The van der Waals surface area contributed by atoms with Crippen molar-refractivity contribution in [1.82, 2.24) is 14.8 Å². The van der Waals surface area contributed by atoms with Gasteiger partial charge < -0.3 is 9.30 Å². The fourth-order valence-corrected chi connectivity index (χ4v) is 3.74.